The van der Waals surface area contributed by atoms with Crippen LogP contribution in [-0.4, -0.2) is 39.7 Å². The number of phenolic OH excluding ortho intramolecular Hbond substituents is 1. The topological polar surface area (TPSA) is 86.8 Å². The number of hydrogen-bond acceptors (Lipinski definition) is 4. The van der Waals surface area contributed by atoms with Crippen LogP contribution in [0.5, 0.6) is 5.75 Å². The number of hydrogen-bond donors (Lipinski definition) is 3. The van der Waals surface area contributed by atoms with E-state index in [1.54, 1.807) is 12.1 Å². The lowest BCUT2D eigenvalue weighted by molar-refractivity contribution is -0.142. The van der Waals surface area contributed by atoms with Crippen LogP contribution in [0.4, 0.5) is 0 Å². The van der Waals surface area contributed by atoms with Crippen molar-refractivity contribution in [2.24, 2.45) is 5.73 Å². The van der Waals surface area contributed by atoms with Crippen LogP contribution in [0.1, 0.15) is 12.0 Å². The highest BCUT2D eigenvalue weighted by Gasteiger charge is 2.41. The summed E-state index contributed by atoms with van der Waals surface area (Å²) in [5.74, 6) is -0.727. The normalized spacial score (nSPS) is 25.0. The Labute approximate surface area is 99.5 Å². The second-order valence-electron chi connectivity index (χ2n) is 4.55. The van der Waals surface area contributed by atoms with Crippen molar-refractivity contribution in [3.63, 3.8) is 0 Å². The molecule has 0 bridgehead atoms. The smallest absolute Gasteiger partial charge is 0.325 e. The van der Waals surface area contributed by atoms with E-state index in [1.165, 1.54) is 0 Å². The Hall–Kier alpha value is -1.59. The lowest BCUT2D eigenvalue weighted by atomic mass is 10.0. The summed E-state index contributed by atoms with van der Waals surface area (Å²) in [5, 5.41) is 18.6. The molecule has 2 rings (SSSR count). The first-order valence-electron chi connectivity index (χ1n) is 5.53. The molecule has 0 amide bonds. The Morgan fingerprint density at radius 2 is 2.18 bits per heavy atom. The molecule has 1 unspecified atom stereocenters. The minimum absolute atomic E-state index is 0.234. The number of carboxylic acids is 1. The van der Waals surface area contributed by atoms with Crippen molar-refractivity contribution in [2.75, 3.05) is 13.1 Å². The van der Waals surface area contributed by atoms with E-state index in [9.17, 15) is 9.90 Å². The van der Waals surface area contributed by atoms with Crippen molar-refractivity contribution in [1.29, 1.82) is 0 Å². The molecule has 1 aromatic rings. The summed E-state index contributed by atoms with van der Waals surface area (Å²) in [6.07, 6.45) is 0.440. The van der Waals surface area contributed by atoms with Gasteiger partial charge in [-0.3, -0.25) is 9.69 Å². The number of nitrogens with two attached hydrogens (primary N) is 1. The molecule has 17 heavy (non-hydrogen) atoms. The van der Waals surface area contributed by atoms with E-state index < -0.39 is 11.5 Å². The van der Waals surface area contributed by atoms with Gasteiger partial charge in [-0.25, -0.2) is 0 Å². The van der Waals surface area contributed by atoms with Crippen LogP contribution in [0.15, 0.2) is 24.3 Å². The van der Waals surface area contributed by atoms with Gasteiger partial charge in [0.25, 0.3) is 0 Å². The molecule has 1 saturated heterocycles. The molecule has 5 nitrogen and oxygen atoms in total. The fourth-order valence-corrected chi connectivity index (χ4v) is 2.11. The number of nitrogens with zero attached hydrogens (tertiary/aromatic N) is 1. The van der Waals surface area contributed by atoms with Crippen molar-refractivity contribution in [2.45, 2.75) is 18.5 Å². The second-order valence-corrected chi connectivity index (χ2v) is 4.55. The molecule has 0 saturated carbocycles. The first-order chi connectivity index (χ1) is 8.01. The fraction of sp³-hybridized carbons (Fsp3) is 0.417. The van der Waals surface area contributed by atoms with Crippen LogP contribution in [0.25, 0.3) is 0 Å². The summed E-state index contributed by atoms with van der Waals surface area (Å²) >= 11 is 0. The van der Waals surface area contributed by atoms with Gasteiger partial charge < -0.3 is 15.9 Å². The number of aromatic hydroxyl groups is 1. The Morgan fingerprint density at radius 1 is 1.47 bits per heavy atom. The fourth-order valence-electron chi connectivity index (χ4n) is 2.11. The Balaban J connectivity index is 2.04. The number of benzene rings is 1. The van der Waals surface area contributed by atoms with Gasteiger partial charge in [-0.2, -0.15) is 0 Å². The zero-order valence-electron chi connectivity index (χ0n) is 9.47. The monoisotopic (exact) mass is 236 g/mol. The van der Waals surface area contributed by atoms with E-state index >= 15 is 0 Å². The molecule has 1 aliphatic rings. The van der Waals surface area contributed by atoms with Crippen molar-refractivity contribution >= 4 is 5.97 Å². The first kappa shape index (κ1) is 11.9. The van der Waals surface area contributed by atoms with E-state index in [0.29, 0.717) is 26.1 Å². The van der Waals surface area contributed by atoms with Gasteiger partial charge in [0, 0.05) is 25.2 Å². The van der Waals surface area contributed by atoms with Crippen molar-refractivity contribution in [1.82, 2.24) is 4.90 Å². The number of phenols is 1. The van der Waals surface area contributed by atoms with Gasteiger partial charge in [0.15, 0.2) is 0 Å². The molecule has 1 atom stereocenters. The van der Waals surface area contributed by atoms with Crippen LogP contribution in [-0.2, 0) is 11.3 Å². The van der Waals surface area contributed by atoms with Gasteiger partial charge in [0.2, 0.25) is 0 Å². The lowest BCUT2D eigenvalue weighted by Gasteiger charge is -2.20. The van der Waals surface area contributed by atoms with Crippen LogP contribution >= 0.6 is 0 Å². The van der Waals surface area contributed by atoms with Gasteiger partial charge in [-0.1, -0.05) is 18.2 Å². The number of para-hydroxylation sites is 1. The molecule has 1 fully saturated rings. The van der Waals surface area contributed by atoms with Crippen LogP contribution in [0, 0.1) is 0 Å². The molecular weight excluding hydrogens is 220 g/mol. The summed E-state index contributed by atoms with van der Waals surface area (Å²) in [6.45, 7) is 1.48. The van der Waals surface area contributed by atoms with E-state index in [0.717, 1.165) is 5.56 Å². The Bertz CT molecular complexity index is 436. The Kier molecular flexibility index (Phi) is 3.04. The van der Waals surface area contributed by atoms with E-state index in [-0.39, 0.29) is 5.75 Å². The maximum Gasteiger partial charge on any atom is 0.325 e. The molecular formula is C12H16N2O3. The average Bonchev–Trinajstić information content (AvgIpc) is 2.65. The predicted molar refractivity (Wildman–Crippen MR) is 62.6 cm³/mol. The first-order valence-corrected chi connectivity index (χ1v) is 5.53. The summed E-state index contributed by atoms with van der Waals surface area (Å²) in [7, 11) is 0. The zero-order valence-corrected chi connectivity index (χ0v) is 9.47. The van der Waals surface area contributed by atoms with E-state index in [2.05, 4.69) is 0 Å². The van der Waals surface area contributed by atoms with Crippen molar-refractivity contribution in [3.8, 4) is 5.75 Å². The minimum Gasteiger partial charge on any atom is -0.508 e. The van der Waals surface area contributed by atoms with Gasteiger partial charge in [-0.15, -0.1) is 0 Å². The van der Waals surface area contributed by atoms with Gasteiger partial charge >= 0.3 is 5.97 Å². The summed E-state index contributed by atoms with van der Waals surface area (Å²) in [4.78, 5) is 12.9. The van der Waals surface area contributed by atoms with Crippen LogP contribution in [0.2, 0.25) is 0 Å². The predicted octanol–water partition coefficient (Wildman–Crippen LogP) is 0.380. The number of likely N-dealkylation sites (tertiary alicyclic amines) is 1. The molecule has 1 aliphatic heterocycles. The second kappa shape index (κ2) is 4.35. The zero-order chi connectivity index (χ0) is 12.5. The summed E-state index contributed by atoms with van der Waals surface area (Å²) < 4.78 is 0. The molecule has 0 spiro atoms. The highest BCUT2D eigenvalue weighted by molar-refractivity contribution is 5.79. The molecule has 1 aromatic carbocycles. The highest BCUT2D eigenvalue weighted by Crippen LogP contribution is 2.24. The third-order valence-corrected chi connectivity index (χ3v) is 3.19. The van der Waals surface area contributed by atoms with Crippen molar-refractivity contribution in [3.05, 3.63) is 29.8 Å². The largest absolute Gasteiger partial charge is 0.508 e. The van der Waals surface area contributed by atoms with Crippen LogP contribution < -0.4 is 5.73 Å². The van der Waals surface area contributed by atoms with Gasteiger partial charge in [-0.05, 0) is 12.5 Å². The maximum atomic E-state index is 11.0. The molecule has 0 aromatic heterocycles. The quantitative estimate of drug-likeness (QED) is 0.706. The Morgan fingerprint density at radius 3 is 2.76 bits per heavy atom. The molecule has 5 heteroatoms. The van der Waals surface area contributed by atoms with Crippen molar-refractivity contribution < 1.29 is 15.0 Å². The molecule has 1 heterocycles. The van der Waals surface area contributed by atoms with Crippen LogP contribution in [0.3, 0.4) is 0 Å². The number of rotatable bonds is 3. The molecule has 0 aliphatic carbocycles. The SMILES string of the molecule is NC1(C(=O)O)CCN(Cc2ccccc2O)C1. The maximum absolute atomic E-state index is 11.0. The highest BCUT2D eigenvalue weighted by atomic mass is 16.4. The van der Waals surface area contributed by atoms with Gasteiger partial charge in [0.1, 0.15) is 11.3 Å². The number of carboxylic acid groups (broad SMARTS) is 1. The standard InChI is InChI=1S/C12H16N2O3/c13-12(11(16)17)5-6-14(8-12)7-9-3-1-2-4-10(9)15/h1-4,15H,5-8,13H2,(H,16,17). The summed E-state index contributed by atoms with van der Waals surface area (Å²) in [6, 6.07) is 7.05. The third kappa shape index (κ3) is 2.40. The lowest BCUT2D eigenvalue weighted by Crippen LogP contribution is -2.50. The number of carbonyl (C=O) groups is 1. The van der Waals surface area contributed by atoms with Gasteiger partial charge in [0.05, 0.1) is 0 Å². The number of aliphatic carboxylic acids is 1. The third-order valence-electron chi connectivity index (χ3n) is 3.19. The minimum atomic E-state index is -1.15. The van der Waals surface area contributed by atoms with E-state index in [4.69, 9.17) is 10.8 Å². The average molecular weight is 236 g/mol. The molecule has 92 valence electrons. The molecule has 0 radical (unpaired) electrons. The molecule has 4 N–H and O–H groups in total. The van der Waals surface area contributed by atoms with E-state index in [1.807, 2.05) is 17.0 Å². The summed E-state index contributed by atoms with van der Waals surface area (Å²) in [5.41, 5.74) is 5.43.